The van der Waals surface area contributed by atoms with Crippen LogP contribution >= 0.6 is 0 Å². The lowest BCUT2D eigenvalue weighted by atomic mass is 10.3. The molecule has 0 saturated heterocycles. The van der Waals surface area contributed by atoms with Crippen molar-refractivity contribution in [2.45, 2.75) is 12.8 Å². The van der Waals surface area contributed by atoms with Gasteiger partial charge in [0.15, 0.2) is 5.76 Å². The highest BCUT2D eigenvalue weighted by atomic mass is 16.5. The standard InChI is InChI=1S/C15H16N2O4/c18-14(16-17-15(19)13-8-4-11-21-13)9-5-10-20-12-6-2-1-3-7-12/h1-4,6-8,11H,5,9-10H2,(H,16,18)(H,17,19). The summed E-state index contributed by atoms with van der Waals surface area (Å²) in [6.07, 6.45) is 2.19. The van der Waals surface area contributed by atoms with Crippen LogP contribution in [0.4, 0.5) is 0 Å². The summed E-state index contributed by atoms with van der Waals surface area (Å²) < 4.78 is 10.4. The summed E-state index contributed by atoms with van der Waals surface area (Å²) in [5.74, 6) is 0.132. The van der Waals surface area contributed by atoms with Gasteiger partial charge in [-0.25, -0.2) is 0 Å². The molecule has 0 radical (unpaired) electrons. The van der Waals surface area contributed by atoms with Crippen LogP contribution in [0.1, 0.15) is 23.4 Å². The average Bonchev–Trinajstić information content (AvgIpc) is 3.05. The van der Waals surface area contributed by atoms with Crippen molar-refractivity contribution in [1.29, 1.82) is 0 Å². The number of benzene rings is 1. The first-order valence-electron chi connectivity index (χ1n) is 6.56. The van der Waals surface area contributed by atoms with Crippen LogP contribution in [0.2, 0.25) is 0 Å². The van der Waals surface area contributed by atoms with Crippen LogP contribution in [-0.4, -0.2) is 18.4 Å². The third kappa shape index (κ3) is 5.02. The van der Waals surface area contributed by atoms with E-state index in [1.165, 1.54) is 12.3 Å². The predicted molar refractivity (Wildman–Crippen MR) is 75.5 cm³/mol. The van der Waals surface area contributed by atoms with Gasteiger partial charge in [0, 0.05) is 6.42 Å². The molecule has 0 unspecified atom stereocenters. The number of nitrogens with one attached hydrogen (secondary N) is 2. The molecule has 0 aliphatic heterocycles. The van der Waals surface area contributed by atoms with Gasteiger partial charge in [-0.15, -0.1) is 0 Å². The number of hydrogen-bond acceptors (Lipinski definition) is 4. The molecule has 2 rings (SSSR count). The molecule has 110 valence electrons. The molecule has 0 aliphatic carbocycles. The van der Waals surface area contributed by atoms with E-state index in [0.717, 1.165) is 5.75 Å². The maximum Gasteiger partial charge on any atom is 0.305 e. The number of furan rings is 1. The molecule has 2 aromatic rings. The maximum absolute atomic E-state index is 11.5. The van der Waals surface area contributed by atoms with E-state index in [0.29, 0.717) is 13.0 Å². The van der Waals surface area contributed by atoms with Crippen LogP contribution in [0.3, 0.4) is 0 Å². The monoisotopic (exact) mass is 288 g/mol. The van der Waals surface area contributed by atoms with Crippen molar-refractivity contribution in [3.63, 3.8) is 0 Å². The summed E-state index contributed by atoms with van der Waals surface area (Å²) in [6.45, 7) is 0.434. The molecular formula is C15H16N2O4. The van der Waals surface area contributed by atoms with Crippen LogP contribution in [0.25, 0.3) is 0 Å². The molecule has 0 atom stereocenters. The molecule has 1 aromatic heterocycles. The van der Waals surface area contributed by atoms with Crippen molar-refractivity contribution in [3.8, 4) is 5.75 Å². The molecule has 0 fully saturated rings. The van der Waals surface area contributed by atoms with E-state index in [9.17, 15) is 9.59 Å². The minimum Gasteiger partial charge on any atom is -0.494 e. The SMILES string of the molecule is O=C(CCCOc1ccccc1)NNC(=O)c1ccco1. The Morgan fingerprint density at radius 1 is 1.05 bits per heavy atom. The Morgan fingerprint density at radius 3 is 2.57 bits per heavy atom. The van der Waals surface area contributed by atoms with E-state index in [4.69, 9.17) is 9.15 Å². The van der Waals surface area contributed by atoms with Crippen LogP contribution in [0.5, 0.6) is 5.75 Å². The molecule has 0 saturated carbocycles. The lowest BCUT2D eigenvalue weighted by Crippen LogP contribution is -2.41. The Labute approximate surface area is 122 Å². The topological polar surface area (TPSA) is 80.6 Å². The van der Waals surface area contributed by atoms with Crippen molar-refractivity contribution in [2.24, 2.45) is 0 Å². The highest BCUT2D eigenvalue weighted by Crippen LogP contribution is 2.08. The van der Waals surface area contributed by atoms with Crippen LogP contribution in [0, 0.1) is 0 Å². The summed E-state index contributed by atoms with van der Waals surface area (Å²) in [5, 5.41) is 0. The number of hydrazine groups is 1. The van der Waals surface area contributed by atoms with Gasteiger partial charge in [0.2, 0.25) is 5.91 Å². The van der Waals surface area contributed by atoms with Gasteiger partial charge in [0.1, 0.15) is 5.75 Å². The van der Waals surface area contributed by atoms with E-state index < -0.39 is 5.91 Å². The maximum atomic E-state index is 11.5. The molecule has 2 amide bonds. The molecule has 21 heavy (non-hydrogen) atoms. The van der Waals surface area contributed by atoms with Gasteiger partial charge in [-0.05, 0) is 30.7 Å². The van der Waals surface area contributed by atoms with Crippen LogP contribution in [0.15, 0.2) is 53.1 Å². The third-order valence-electron chi connectivity index (χ3n) is 2.62. The largest absolute Gasteiger partial charge is 0.494 e. The van der Waals surface area contributed by atoms with Crippen molar-refractivity contribution in [3.05, 3.63) is 54.5 Å². The highest BCUT2D eigenvalue weighted by molar-refractivity contribution is 5.92. The summed E-state index contributed by atoms with van der Waals surface area (Å²) in [5.41, 5.74) is 4.59. The highest BCUT2D eigenvalue weighted by Gasteiger charge is 2.09. The summed E-state index contributed by atoms with van der Waals surface area (Å²) in [7, 11) is 0. The number of rotatable bonds is 6. The number of carbonyl (C=O) groups excluding carboxylic acids is 2. The van der Waals surface area contributed by atoms with Gasteiger partial charge in [-0.2, -0.15) is 0 Å². The number of para-hydroxylation sites is 1. The number of ether oxygens (including phenoxy) is 1. The number of hydrogen-bond donors (Lipinski definition) is 2. The molecule has 0 spiro atoms. The first-order valence-corrected chi connectivity index (χ1v) is 6.56. The first kappa shape index (κ1) is 14.6. The molecule has 6 heteroatoms. The fraction of sp³-hybridized carbons (Fsp3) is 0.200. The van der Waals surface area contributed by atoms with Gasteiger partial charge >= 0.3 is 5.91 Å². The third-order valence-corrected chi connectivity index (χ3v) is 2.62. The van der Waals surface area contributed by atoms with Crippen molar-refractivity contribution < 1.29 is 18.7 Å². The smallest absolute Gasteiger partial charge is 0.305 e. The van der Waals surface area contributed by atoms with Gasteiger partial charge in [0.05, 0.1) is 12.9 Å². The number of amides is 2. The van der Waals surface area contributed by atoms with E-state index in [-0.39, 0.29) is 18.1 Å². The van der Waals surface area contributed by atoms with E-state index in [2.05, 4.69) is 10.9 Å². The van der Waals surface area contributed by atoms with Gasteiger partial charge in [0.25, 0.3) is 0 Å². The fourth-order valence-corrected chi connectivity index (χ4v) is 1.60. The fourth-order valence-electron chi connectivity index (χ4n) is 1.60. The van der Waals surface area contributed by atoms with Crippen molar-refractivity contribution in [1.82, 2.24) is 10.9 Å². The zero-order valence-corrected chi connectivity index (χ0v) is 11.4. The molecule has 6 nitrogen and oxygen atoms in total. The normalized spacial score (nSPS) is 9.90. The summed E-state index contributed by atoms with van der Waals surface area (Å²) in [6, 6.07) is 12.5. The minimum atomic E-state index is -0.492. The summed E-state index contributed by atoms with van der Waals surface area (Å²) >= 11 is 0. The lowest BCUT2D eigenvalue weighted by molar-refractivity contribution is -0.122. The Kier molecular flexibility index (Phi) is 5.40. The second-order valence-electron chi connectivity index (χ2n) is 4.24. The minimum absolute atomic E-state index is 0.141. The van der Waals surface area contributed by atoms with E-state index >= 15 is 0 Å². The molecular weight excluding hydrogens is 272 g/mol. The van der Waals surface area contributed by atoms with Gasteiger partial charge in [-0.3, -0.25) is 20.4 Å². The molecule has 0 aliphatic rings. The molecule has 0 bridgehead atoms. The summed E-state index contributed by atoms with van der Waals surface area (Å²) in [4.78, 5) is 23.0. The second kappa shape index (κ2) is 7.74. The molecule has 1 heterocycles. The van der Waals surface area contributed by atoms with Gasteiger partial charge in [-0.1, -0.05) is 18.2 Å². The Bertz CT molecular complexity index is 567. The van der Waals surface area contributed by atoms with Gasteiger partial charge < -0.3 is 9.15 Å². The van der Waals surface area contributed by atoms with E-state index in [1.807, 2.05) is 30.3 Å². The lowest BCUT2D eigenvalue weighted by Gasteiger charge is -2.07. The van der Waals surface area contributed by atoms with Crippen molar-refractivity contribution >= 4 is 11.8 Å². The van der Waals surface area contributed by atoms with E-state index in [1.54, 1.807) is 6.07 Å². The molecule has 1 aromatic carbocycles. The van der Waals surface area contributed by atoms with Crippen LogP contribution < -0.4 is 15.6 Å². The van der Waals surface area contributed by atoms with Crippen molar-refractivity contribution in [2.75, 3.05) is 6.61 Å². The zero-order valence-electron chi connectivity index (χ0n) is 11.4. The first-order chi connectivity index (χ1) is 10.3. The quantitative estimate of drug-likeness (QED) is 0.628. The second-order valence-corrected chi connectivity index (χ2v) is 4.24. The zero-order chi connectivity index (χ0) is 14.9. The van der Waals surface area contributed by atoms with Crippen LogP contribution in [-0.2, 0) is 4.79 Å². The Morgan fingerprint density at radius 2 is 1.86 bits per heavy atom. The average molecular weight is 288 g/mol. The molecule has 2 N–H and O–H groups in total. The number of carbonyl (C=O) groups is 2. The Balaban J connectivity index is 1.59. The predicted octanol–water partition coefficient (Wildman–Crippen LogP) is 1.90. The Hall–Kier alpha value is -2.76.